The van der Waals surface area contributed by atoms with E-state index >= 15 is 0 Å². The Morgan fingerprint density at radius 2 is 1.78 bits per heavy atom. The van der Waals surface area contributed by atoms with Gasteiger partial charge in [-0.05, 0) is 79.1 Å². The highest BCUT2D eigenvalue weighted by atomic mass is 16.6. The fourth-order valence-electron chi connectivity index (χ4n) is 4.29. The molecule has 1 aliphatic heterocycles. The predicted molar refractivity (Wildman–Crippen MR) is 162 cm³/mol. The minimum Gasteiger partial charge on any atom is -0.493 e. The number of nitro groups is 1. The lowest BCUT2D eigenvalue weighted by atomic mass is 9.95. The zero-order valence-electron chi connectivity index (χ0n) is 24.7. The Morgan fingerprint density at radius 1 is 1.04 bits per heavy atom. The van der Waals surface area contributed by atoms with E-state index < -0.39 is 28.9 Å². The van der Waals surface area contributed by atoms with Gasteiger partial charge in [-0.3, -0.25) is 14.9 Å². The number of carbonyl (C=O) groups is 3. The average Bonchev–Trinajstić information content (AvgIpc) is 3.03. The van der Waals surface area contributed by atoms with Crippen molar-refractivity contribution in [3.05, 3.63) is 105 Å². The monoisotopic (exact) mass is 617 g/mol. The van der Waals surface area contributed by atoms with Crippen molar-refractivity contribution < 1.29 is 38.3 Å². The predicted octanol–water partition coefficient (Wildman–Crippen LogP) is 3.90. The molecule has 3 aromatic carbocycles. The van der Waals surface area contributed by atoms with Crippen molar-refractivity contribution in [1.29, 1.82) is 0 Å². The van der Waals surface area contributed by atoms with E-state index in [0.717, 1.165) is 5.56 Å². The normalized spacial score (nSPS) is 14.3. The van der Waals surface area contributed by atoms with Crippen molar-refractivity contribution >= 4 is 29.8 Å². The number of nitro benzene ring substituents is 1. The van der Waals surface area contributed by atoms with Crippen molar-refractivity contribution in [3.8, 4) is 17.2 Å². The molecule has 45 heavy (non-hydrogen) atoms. The highest BCUT2D eigenvalue weighted by molar-refractivity contribution is 5.95. The molecule has 14 nitrogen and oxygen atoms in total. The first-order valence-electron chi connectivity index (χ1n) is 13.7. The fourth-order valence-corrected chi connectivity index (χ4v) is 4.29. The molecule has 1 aliphatic rings. The summed E-state index contributed by atoms with van der Waals surface area (Å²) < 4.78 is 21.9. The summed E-state index contributed by atoms with van der Waals surface area (Å²) in [5.74, 6) is 0.0626. The van der Waals surface area contributed by atoms with Crippen LogP contribution in [0.1, 0.15) is 36.6 Å². The van der Waals surface area contributed by atoms with E-state index in [1.165, 1.54) is 25.5 Å². The molecule has 1 heterocycles. The van der Waals surface area contributed by atoms with Gasteiger partial charge in [0.2, 0.25) is 0 Å². The van der Waals surface area contributed by atoms with Crippen LogP contribution in [0.5, 0.6) is 17.2 Å². The van der Waals surface area contributed by atoms with E-state index in [9.17, 15) is 24.5 Å². The maximum atomic E-state index is 12.6. The van der Waals surface area contributed by atoms with Gasteiger partial charge < -0.3 is 29.6 Å². The highest BCUT2D eigenvalue weighted by Gasteiger charge is 2.32. The van der Waals surface area contributed by atoms with E-state index in [1.807, 2.05) is 0 Å². The van der Waals surface area contributed by atoms with E-state index in [1.54, 1.807) is 68.4 Å². The molecule has 0 radical (unpaired) electrons. The third-order valence-electron chi connectivity index (χ3n) is 6.48. The first-order chi connectivity index (χ1) is 21.7. The smallest absolute Gasteiger partial charge is 0.338 e. The molecule has 1 atom stereocenters. The molecule has 234 valence electrons. The van der Waals surface area contributed by atoms with Gasteiger partial charge >= 0.3 is 12.0 Å². The molecule has 3 amide bonds. The van der Waals surface area contributed by atoms with Crippen LogP contribution >= 0.6 is 0 Å². The van der Waals surface area contributed by atoms with Crippen LogP contribution in [-0.4, -0.2) is 49.4 Å². The third kappa shape index (κ3) is 8.56. The Morgan fingerprint density at radius 3 is 2.44 bits per heavy atom. The number of urea groups is 1. The fraction of sp³-hybridized carbons (Fsp3) is 0.226. The molecule has 4 rings (SSSR count). The first-order valence-corrected chi connectivity index (χ1v) is 13.7. The lowest BCUT2D eigenvalue weighted by Crippen LogP contribution is -2.45. The molecule has 0 spiro atoms. The summed E-state index contributed by atoms with van der Waals surface area (Å²) in [5, 5.41) is 20.0. The minimum atomic E-state index is -0.783. The molecule has 3 aromatic rings. The molecule has 0 fully saturated rings. The van der Waals surface area contributed by atoms with Gasteiger partial charge in [-0.2, -0.15) is 5.10 Å². The van der Waals surface area contributed by atoms with Gasteiger partial charge in [-0.15, -0.1) is 0 Å². The Balaban J connectivity index is 1.29. The number of hydrogen-bond acceptors (Lipinski definition) is 10. The van der Waals surface area contributed by atoms with Crippen molar-refractivity contribution in [3.63, 3.8) is 0 Å². The van der Waals surface area contributed by atoms with Crippen molar-refractivity contribution in [2.75, 3.05) is 20.3 Å². The summed E-state index contributed by atoms with van der Waals surface area (Å²) in [6, 6.07) is 16.6. The number of carbonyl (C=O) groups excluding carboxylic acids is 3. The summed E-state index contributed by atoms with van der Waals surface area (Å²) in [6.45, 7) is 3.36. The topological polar surface area (TPSA) is 180 Å². The van der Waals surface area contributed by atoms with Crippen molar-refractivity contribution in [2.24, 2.45) is 5.10 Å². The lowest BCUT2D eigenvalue weighted by molar-refractivity contribution is -0.384. The molecule has 0 unspecified atom stereocenters. The molecule has 0 saturated carbocycles. The summed E-state index contributed by atoms with van der Waals surface area (Å²) in [7, 11) is 1.43. The summed E-state index contributed by atoms with van der Waals surface area (Å²) in [6.07, 6.45) is 1.46. The Labute approximate surface area is 258 Å². The Kier molecular flexibility index (Phi) is 10.7. The standard InChI is InChI=1S/C31H31N5O9/c1-4-43-30(38)28-19(2)33-31(39)34-29(28)22-9-14-25(26(15-22)42-3)45-18-27(37)35-32-16-20-7-12-24(13-8-20)44-17-21-5-10-23(11-6-21)36(40)41/h5-16,29H,4,17-18H2,1-3H3,(H,35,37)(H2,33,34,39)/b32-16-/t29-/m0/s1. The first kappa shape index (κ1) is 32.0. The van der Waals surface area contributed by atoms with Gasteiger partial charge in [-0.25, -0.2) is 15.0 Å². The quantitative estimate of drug-likeness (QED) is 0.111. The number of hydrogen-bond donors (Lipinski definition) is 3. The molecule has 0 aliphatic carbocycles. The van der Waals surface area contributed by atoms with Gasteiger partial charge in [0, 0.05) is 17.8 Å². The molecule has 0 saturated heterocycles. The molecular weight excluding hydrogens is 586 g/mol. The Hall–Kier alpha value is -5.92. The number of hydrazone groups is 1. The van der Waals surface area contributed by atoms with Gasteiger partial charge in [0.05, 0.1) is 36.5 Å². The molecule has 0 bridgehead atoms. The number of nitrogens with zero attached hydrogens (tertiary/aromatic N) is 2. The van der Waals surface area contributed by atoms with Crippen LogP contribution in [0.4, 0.5) is 10.5 Å². The number of amides is 3. The third-order valence-corrected chi connectivity index (χ3v) is 6.48. The Bertz CT molecular complexity index is 1620. The van der Waals surface area contributed by atoms with Gasteiger partial charge in [-0.1, -0.05) is 6.07 Å². The van der Waals surface area contributed by atoms with Crippen LogP contribution in [-0.2, 0) is 20.9 Å². The number of esters is 1. The van der Waals surface area contributed by atoms with Gasteiger partial charge in [0.15, 0.2) is 18.1 Å². The van der Waals surface area contributed by atoms with Crippen LogP contribution in [0, 0.1) is 10.1 Å². The number of allylic oxidation sites excluding steroid dienone is 1. The second-order valence-corrected chi connectivity index (χ2v) is 9.56. The number of nitrogens with one attached hydrogen (secondary N) is 3. The number of rotatable bonds is 13. The second-order valence-electron chi connectivity index (χ2n) is 9.56. The van der Waals surface area contributed by atoms with Crippen LogP contribution in [0.25, 0.3) is 0 Å². The second kappa shape index (κ2) is 15.0. The average molecular weight is 618 g/mol. The molecule has 0 aromatic heterocycles. The number of methoxy groups -OCH3 is 1. The van der Waals surface area contributed by atoms with Crippen LogP contribution in [0.15, 0.2) is 83.1 Å². The minimum absolute atomic E-state index is 0.0137. The van der Waals surface area contributed by atoms with Gasteiger partial charge in [0.25, 0.3) is 11.6 Å². The molecule has 3 N–H and O–H groups in total. The van der Waals surface area contributed by atoms with E-state index in [2.05, 4.69) is 21.2 Å². The SMILES string of the molecule is CCOC(=O)C1=C(C)NC(=O)N[C@H]1c1ccc(OCC(=O)N/N=C\c2ccc(OCc3ccc([N+](=O)[O-])cc3)cc2)c(OC)c1. The lowest BCUT2D eigenvalue weighted by Gasteiger charge is -2.28. The highest BCUT2D eigenvalue weighted by Crippen LogP contribution is 2.34. The van der Waals surface area contributed by atoms with Crippen molar-refractivity contribution in [1.82, 2.24) is 16.1 Å². The largest absolute Gasteiger partial charge is 0.493 e. The van der Waals surface area contributed by atoms with Crippen molar-refractivity contribution in [2.45, 2.75) is 26.5 Å². The van der Waals surface area contributed by atoms with Gasteiger partial charge in [0.1, 0.15) is 12.4 Å². The summed E-state index contributed by atoms with van der Waals surface area (Å²) >= 11 is 0. The summed E-state index contributed by atoms with van der Waals surface area (Å²) in [5.41, 5.74) is 5.08. The number of benzene rings is 3. The van der Waals surface area contributed by atoms with Crippen LogP contribution in [0.2, 0.25) is 0 Å². The maximum absolute atomic E-state index is 12.6. The van der Waals surface area contributed by atoms with Crippen LogP contribution in [0.3, 0.4) is 0 Å². The van der Waals surface area contributed by atoms with E-state index in [4.69, 9.17) is 18.9 Å². The zero-order chi connectivity index (χ0) is 32.3. The number of ether oxygens (including phenoxy) is 4. The van der Waals surface area contributed by atoms with Crippen LogP contribution < -0.4 is 30.3 Å². The number of non-ortho nitro benzene ring substituents is 1. The van der Waals surface area contributed by atoms with E-state index in [0.29, 0.717) is 22.6 Å². The maximum Gasteiger partial charge on any atom is 0.338 e. The molecule has 14 heteroatoms. The zero-order valence-corrected chi connectivity index (χ0v) is 24.7. The van der Waals surface area contributed by atoms with E-state index in [-0.39, 0.29) is 42.6 Å². The summed E-state index contributed by atoms with van der Waals surface area (Å²) in [4.78, 5) is 47.4. The molecular formula is C31H31N5O9.